The van der Waals surface area contributed by atoms with Gasteiger partial charge in [0, 0.05) is 14.9 Å². The largest absolute Gasteiger partial charge is 0.0804 e. The molecule has 0 N–H and O–H groups in total. The van der Waals surface area contributed by atoms with Crippen LogP contribution in [0.1, 0.15) is 37.3 Å². The zero-order valence-corrected chi connectivity index (χ0v) is 16.4. The lowest BCUT2D eigenvalue weighted by atomic mass is 9.68. The quantitative estimate of drug-likeness (QED) is 0.472. The summed E-state index contributed by atoms with van der Waals surface area (Å²) in [4.78, 5) is 0. The maximum Gasteiger partial charge on any atom is 0.0191 e. The summed E-state index contributed by atoms with van der Waals surface area (Å²) in [5.41, 5.74) is 7.22. The highest BCUT2D eigenvalue weighted by atomic mass is 79.9. The number of hydrogen-bond donors (Lipinski definition) is 0. The van der Waals surface area contributed by atoms with E-state index in [0.29, 0.717) is 5.92 Å². The fourth-order valence-electron chi connectivity index (χ4n) is 4.09. The summed E-state index contributed by atoms with van der Waals surface area (Å²) in [6.07, 6.45) is 7.81. The molecular formula is C21H18Br2. The Morgan fingerprint density at radius 2 is 1.48 bits per heavy atom. The highest BCUT2D eigenvalue weighted by Crippen LogP contribution is 2.56. The van der Waals surface area contributed by atoms with E-state index in [9.17, 15) is 0 Å². The maximum atomic E-state index is 3.67. The molecule has 2 aromatic carbocycles. The molecule has 2 aliphatic rings. The second kappa shape index (κ2) is 5.46. The van der Waals surface area contributed by atoms with Gasteiger partial charge in [0.25, 0.3) is 0 Å². The van der Waals surface area contributed by atoms with Gasteiger partial charge in [-0.25, -0.2) is 0 Å². The number of halogens is 2. The Morgan fingerprint density at radius 3 is 1.96 bits per heavy atom. The summed E-state index contributed by atoms with van der Waals surface area (Å²) in [5, 5.41) is 0. The van der Waals surface area contributed by atoms with Crippen LogP contribution in [0.3, 0.4) is 0 Å². The molecule has 23 heavy (non-hydrogen) atoms. The zero-order chi connectivity index (χ0) is 16.2. The molecule has 2 heteroatoms. The van der Waals surface area contributed by atoms with Crippen molar-refractivity contribution < 1.29 is 0 Å². The van der Waals surface area contributed by atoms with Crippen molar-refractivity contribution >= 4 is 31.9 Å². The van der Waals surface area contributed by atoms with Gasteiger partial charge in [0.2, 0.25) is 0 Å². The minimum Gasteiger partial charge on any atom is -0.0804 e. The summed E-state index contributed by atoms with van der Waals surface area (Å²) in [6, 6.07) is 13.4. The van der Waals surface area contributed by atoms with Crippen LogP contribution < -0.4 is 0 Å². The van der Waals surface area contributed by atoms with E-state index in [1.807, 2.05) is 0 Å². The third-order valence-corrected chi connectivity index (χ3v) is 6.25. The van der Waals surface area contributed by atoms with Crippen molar-refractivity contribution in [3.8, 4) is 11.1 Å². The van der Waals surface area contributed by atoms with E-state index in [1.165, 1.54) is 27.8 Å². The fourth-order valence-corrected chi connectivity index (χ4v) is 4.85. The van der Waals surface area contributed by atoms with Crippen molar-refractivity contribution in [2.24, 2.45) is 5.41 Å². The number of fused-ring (bicyclic) bond motifs is 3. The molecule has 4 rings (SSSR count). The van der Waals surface area contributed by atoms with Crippen molar-refractivity contribution in [2.45, 2.75) is 26.2 Å². The van der Waals surface area contributed by atoms with Gasteiger partial charge in [-0.3, -0.25) is 0 Å². The normalized spacial score (nSPS) is 16.4. The lowest BCUT2D eigenvalue weighted by molar-refractivity contribution is 0.388. The average molecular weight is 430 g/mol. The van der Waals surface area contributed by atoms with Gasteiger partial charge in [0.1, 0.15) is 0 Å². The molecule has 0 nitrogen and oxygen atoms in total. The van der Waals surface area contributed by atoms with E-state index in [-0.39, 0.29) is 5.41 Å². The summed E-state index contributed by atoms with van der Waals surface area (Å²) in [6.45, 7) is 4.77. The first-order valence-corrected chi connectivity index (χ1v) is 9.52. The Bertz CT molecular complexity index is 805. The first-order valence-electron chi connectivity index (χ1n) is 7.94. The van der Waals surface area contributed by atoms with Crippen LogP contribution in [-0.2, 0) is 0 Å². The van der Waals surface area contributed by atoms with E-state index < -0.39 is 0 Å². The van der Waals surface area contributed by atoms with Gasteiger partial charge >= 0.3 is 0 Å². The van der Waals surface area contributed by atoms with Crippen LogP contribution in [0.5, 0.6) is 0 Å². The molecule has 0 aromatic heterocycles. The molecule has 0 saturated heterocycles. The van der Waals surface area contributed by atoms with Gasteiger partial charge in [-0.15, -0.1) is 0 Å². The summed E-state index contributed by atoms with van der Waals surface area (Å²) in [7, 11) is 0. The molecule has 0 bridgehead atoms. The lowest BCUT2D eigenvalue weighted by Crippen LogP contribution is -2.24. The number of allylic oxidation sites excluding steroid dienone is 4. The Balaban J connectivity index is 1.96. The van der Waals surface area contributed by atoms with Crippen molar-refractivity contribution in [2.75, 3.05) is 0 Å². The number of hydrogen-bond acceptors (Lipinski definition) is 0. The molecule has 2 aliphatic carbocycles. The maximum absolute atomic E-state index is 3.67. The van der Waals surface area contributed by atoms with Gasteiger partial charge in [0.15, 0.2) is 0 Å². The minimum absolute atomic E-state index is 0.0884. The van der Waals surface area contributed by atoms with Crippen LogP contribution in [-0.4, -0.2) is 0 Å². The number of benzene rings is 2. The van der Waals surface area contributed by atoms with E-state index >= 15 is 0 Å². The molecule has 0 heterocycles. The van der Waals surface area contributed by atoms with E-state index in [1.54, 1.807) is 0 Å². The Kier molecular flexibility index (Phi) is 3.66. The van der Waals surface area contributed by atoms with Crippen LogP contribution in [0, 0.1) is 5.41 Å². The standard InChI is InChI=1S/C21H18Br2/c1-21(2,13-5-3-4-6-13)20-18-11-14(22)7-9-16(18)17-10-8-15(23)12-19(17)20/h3-5,7-12,20H,6H2,1-2H3. The summed E-state index contributed by atoms with van der Waals surface area (Å²) >= 11 is 7.33. The van der Waals surface area contributed by atoms with E-state index in [2.05, 4.69) is 100 Å². The van der Waals surface area contributed by atoms with Crippen molar-refractivity contribution in [3.05, 3.63) is 80.3 Å². The van der Waals surface area contributed by atoms with Crippen molar-refractivity contribution in [1.82, 2.24) is 0 Å². The Hall–Kier alpha value is -1.12. The van der Waals surface area contributed by atoms with Crippen LogP contribution in [0.4, 0.5) is 0 Å². The smallest absolute Gasteiger partial charge is 0.0191 e. The highest BCUT2D eigenvalue weighted by molar-refractivity contribution is 9.10. The minimum atomic E-state index is 0.0884. The second-order valence-corrected chi connectivity index (χ2v) is 8.77. The van der Waals surface area contributed by atoms with Crippen LogP contribution in [0.2, 0.25) is 0 Å². The van der Waals surface area contributed by atoms with Crippen molar-refractivity contribution in [1.29, 1.82) is 0 Å². The number of rotatable bonds is 2. The van der Waals surface area contributed by atoms with Gasteiger partial charge in [-0.05, 0) is 58.4 Å². The van der Waals surface area contributed by atoms with Crippen LogP contribution >= 0.6 is 31.9 Å². The van der Waals surface area contributed by atoms with Crippen LogP contribution in [0.15, 0.2) is 69.1 Å². The highest BCUT2D eigenvalue weighted by Gasteiger charge is 2.41. The fraction of sp³-hybridized carbons (Fsp3) is 0.238. The van der Waals surface area contributed by atoms with Crippen LogP contribution in [0.25, 0.3) is 11.1 Å². The molecule has 116 valence electrons. The first kappa shape index (κ1) is 15.4. The topological polar surface area (TPSA) is 0 Å². The molecule has 0 aliphatic heterocycles. The van der Waals surface area contributed by atoms with Crippen molar-refractivity contribution in [3.63, 3.8) is 0 Å². The first-order chi connectivity index (χ1) is 11.0. The van der Waals surface area contributed by atoms with E-state index in [4.69, 9.17) is 0 Å². The Labute approximate surface area is 154 Å². The third kappa shape index (κ3) is 2.38. The Morgan fingerprint density at radius 1 is 0.913 bits per heavy atom. The van der Waals surface area contributed by atoms with Gasteiger partial charge in [-0.2, -0.15) is 0 Å². The van der Waals surface area contributed by atoms with Gasteiger partial charge in [-0.1, -0.05) is 81.6 Å². The molecule has 0 radical (unpaired) electrons. The van der Waals surface area contributed by atoms with E-state index in [0.717, 1.165) is 15.4 Å². The zero-order valence-electron chi connectivity index (χ0n) is 13.2. The summed E-state index contributed by atoms with van der Waals surface area (Å²) < 4.78 is 2.31. The summed E-state index contributed by atoms with van der Waals surface area (Å²) in [5.74, 6) is 0.383. The predicted octanol–water partition coefficient (Wildman–Crippen LogP) is 7.24. The van der Waals surface area contributed by atoms with Gasteiger partial charge < -0.3 is 0 Å². The molecule has 0 fully saturated rings. The lowest BCUT2D eigenvalue weighted by Gasteiger charge is -2.35. The molecule has 0 spiro atoms. The molecule has 0 unspecified atom stereocenters. The molecule has 0 atom stereocenters. The average Bonchev–Trinajstić information content (AvgIpc) is 3.12. The molecular weight excluding hydrogens is 412 g/mol. The second-order valence-electron chi connectivity index (χ2n) is 6.94. The molecule has 2 aromatic rings. The predicted molar refractivity (Wildman–Crippen MR) is 105 cm³/mol. The third-order valence-electron chi connectivity index (χ3n) is 5.26. The monoisotopic (exact) mass is 428 g/mol. The molecule has 0 saturated carbocycles. The SMILES string of the molecule is CC(C)(C1=CC=CC1)C1c2cc(Br)ccc2-c2ccc(Br)cc21. The molecule has 0 amide bonds. The van der Waals surface area contributed by atoms with Gasteiger partial charge in [0.05, 0.1) is 0 Å².